The first-order chi connectivity index (χ1) is 9.65. The predicted octanol–water partition coefficient (Wildman–Crippen LogP) is 3.57. The van der Waals surface area contributed by atoms with Crippen molar-refractivity contribution in [2.24, 2.45) is 5.92 Å². The fourth-order valence-corrected chi connectivity index (χ4v) is 5.86. The zero-order chi connectivity index (χ0) is 16.0. The van der Waals surface area contributed by atoms with Crippen LogP contribution in [0.3, 0.4) is 0 Å². The highest BCUT2D eigenvalue weighted by molar-refractivity contribution is 9.10. The second-order valence-electron chi connectivity index (χ2n) is 5.28. The van der Waals surface area contributed by atoms with E-state index in [9.17, 15) is 9.00 Å². The molecule has 1 aromatic rings. The lowest BCUT2D eigenvalue weighted by Crippen LogP contribution is -2.44. The smallest absolute Gasteiger partial charge is 0.242 e. The second kappa shape index (κ2) is 5.84. The monoisotopic (exact) mass is 411 g/mol. The van der Waals surface area contributed by atoms with Gasteiger partial charge in [0.2, 0.25) is 5.91 Å². The molecule has 0 saturated heterocycles. The van der Waals surface area contributed by atoms with Gasteiger partial charge in [-0.2, -0.15) is 0 Å². The fraction of sp³-hybridized carbons (Fsp3) is 0.500. The summed E-state index contributed by atoms with van der Waals surface area (Å²) in [5.41, 5.74) is 0.951. The van der Waals surface area contributed by atoms with Crippen molar-refractivity contribution in [1.82, 2.24) is 5.32 Å². The molecule has 4 atom stereocenters. The number of benzene rings is 1. The molecule has 1 N–H and O–H groups in total. The van der Waals surface area contributed by atoms with E-state index in [1.54, 1.807) is 6.92 Å². The second-order valence-corrected chi connectivity index (χ2v) is 9.13. The van der Waals surface area contributed by atoms with Crippen LogP contribution in [-0.2, 0) is 15.6 Å². The average Bonchev–Trinajstić information content (AvgIpc) is 2.85. The van der Waals surface area contributed by atoms with E-state index in [-0.39, 0.29) is 17.9 Å². The molecule has 1 fully saturated rings. The Labute approximate surface area is 145 Å². The highest BCUT2D eigenvalue weighted by atomic mass is 79.9. The molecule has 1 aliphatic rings. The third kappa shape index (κ3) is 2.67. The quantitative estimate of drug-likeness (QED) is 0.768. The van der Waals surface area contributed by atoms with Crippen molar-refractivity contribution >= 4 is 55.8 Å². The standard InChI is InChI=1S/C14H16BrCl2NO2S/c1-8(10-4-6-11(15)7-5-10)18-12(19)13(21(3)20)9(2)14(13,16)17/h4-9H,1-3H3,(H,18,19)/t8-,9-,13-,21+/m1/s1. The molecule has 0 aliphatic heterocycles. The van der Waals surface area contributed by atoms with Crippen LogP contribution in [0.25, 0.3) is 0 Å². The van der Waals surface area contributed by atoms with Crippen molar-refractivity contribution < 1.29 is 9.00 Å². The van der Waals surface area contributed by atoms with E-state index < -0.39 is 19.9 Å². The summed E-state index contributed by atoms with van der Waals surface area (Å²) in [6, 6.07) is 7.41. The summed E-state index contributed by atoms with van der Waals surface area (Å²) in [6.07, 6.45) is 1.47. The molecular weight excluding hydrogens is 397 g/mol. The van der Waals surface area contributed by atoms with E-state index >= 15 is 0 Å². The van der Waals surface area contributed by atoms with Gasteiger partial charge in [0.1, 0.15) is 4.33 Å². The number of carbonyl (C=O) groups excluding carboxylic acids is 1. The van der Waals surface area contributed by atoms with E-state index in [2.05, 4.69) is 21.2 Å². The van der Waals surface area contributed by atoms with Gasteiger partial charge in [0.25, 0.3) is 0 Å². The Morgan fingerprint density at radius 3 is 2.24 bits per heavy atom. The summed E-state index contributed by atoms with van der Waals surface area (Å²) in [6.45, 7) is 3.61. The fourth-order valence-electron chi connectivity index (χ4n) is 2.60. The average molecular weight is 413 g/mol. The van der Waals surface area contributed by atoms with E-state index in [1.165, 1.54) is 6.26 Å². The van der Waals surface area contributed by atoms with Crippen LogP contribution in [0.2, 0.25) is 0 Å². The number of rotatable bonds is 4. The normalized spacial score (nSPS) is 29.5. The lowest BCUT2D eigenvalue weighted by atomic mass is 10.1. The van der Waals surface area contributed by atoms with Gasteiger partial charge in [-0.1, -0.05) is 58.2 Å². The number of amides is 1. The van der Waals surface area contributed by atoms with Crippen LogP contribution in [0.1, 0.15) is 25.5 Å². The van der Waals surface area contributed by atoms with Gasteiger partial charge in [-0.25, -0.2) is 0 Å². The summed E-state index contributed by atoms with van der Waals surface area (Å²) in [5.74, 6) is -0.715. The number of halogens is 3. The molecule has 3 nitrogen and oxygen atoms in total. The van der Waals surface area contributed by atoms with Crippen LogP contribution in [-0.4, -0.2) is 25.5 Å². The van der Waals surface area contributed by atoms with Crippen molar-refractivity contribution in [2.45, 2.75) is 29.0 Å². The molecule has 0 radical (unpaired) electrons. The molecule has 0 spiro atoms. The number of nitrogens with one attached hydrogen (secondary N) is 1. The van der Waals surface area contributed by atoms with Gasteiger partial charge in [-0.05, 0) is 24.6 Å². The van der Waals surface area contributed by atoms with Crippen LogP contribution in [0, 0.1) is 5.92 Å². The molecule has 21 heavy (non-hydrogen) atoms. The lowest BCUT2D eigenvalue weighted by molar-refractivity contribution is -0.122. The molecule has 0 aromatic heterocycles. The minimum absolute atomic E-state index is 0.219. The van der Waals surface area contributed by atoms with Gasteiger partial charge in [0, 0.05) is 27.4 Å². The minimum Gasteiger partial charge on any atom is -0.348 e. The molecule has 116 valence electrons. The molecule has 1 saturated carbocycles. The van der Waals surface area contributed by atoms with E-state index in [0.29, 0.717) is 0 Å². The van der Waals surface area contributed by atoms with Gasteiger partial charge in [0.15, 0.2) is 4.75 Å². The first-order valence-corrected chi connectivity index (χ1v) is 9.54. The van der Waals surface area contributed by atoms with Gasteiger partial charge in [0.05, 0.1) is 6.04 Å². The third-order valence-electron chi connectivity index (χ3n) is 4.07. The number of hydrogen-bond acceptors (Lipinski definition) is 2. The molecule has 0 bridgehead atoms. The highest BCUT2D eigenvalue weighted by Crippen LogP contribution is 2.65. The van der Waals surface area contributed by atoms with Crippen molar-refractivity contribution in [3.8, 4) is 0 Å². The Bertz CT molecular complexity index is 593. The lowest BCUT2D eigenvalue weighted by Gasteiger charge is -2.20. The van der Waals surface area contributed by atoms with Crippen LogP contribution in [0.5, 0.6) is 0 Å². The third-order valence-corrected chi connectivity index (χ3v) is 7.85. The Hall–Kier alpha value is -0.100. The van der Waals surface area contributed by atoms with E-state index in [0.717, 1.165) is 10.0 Å². The molecular formula is C14H16BrCl2NO2S. The zero-order valence-corrected chi connectivity index (χ0v) is 15.7. The van der Waals surface area contributed by atoms with Crippen LogP contribution in [0.4, 0.5) is 0 Å². The maximum absolute atomic E-state index is 12.6. The van der Waals surface area contributed by atoms with Gasteiger partial charge < -0.3 is 5.32 Å². The highest BCUT2D eigenvalue weighted by Gasteiger charge is 2.81. The molecule has 7 heteroatoms. The summed E-state index contributed by atoms with van der Waals surface area (Å²) >= 11 is 15.7. The van der Waals surface area contributed by atoms with Crippen molar-refractivity contribution in [2.75, 3.05) is 6.26 Å². The Morgan fingerprint density at radius 1 is 1.38 bits per heavy atom. The number of carbonyl (C=O) groups is 1. The maximum Gasteiger partial charge on any atom is 0.242 e. The Kier molecular flexibility index (Phi) is 4.80. The summed E-state index contributed by atoms with van der Waals surface area (Å²) in [4.78, 5) is 12.6. The molecule has 0 unspecified atom stereocenters. The zero-order valence-electron chi connectivity index (χ0n) is 11.8. The maximum atomic E-state index is 12.6. The topological polar surface area (TPSA) is 46.2 Å². The molecule has 1 amide bonds. The van der Waals surface area contributed by atoms with Crippen molar-refractivity contribution in [3.05, 3.63) is 34.3 Å². The molecule has 2 rings (SSSR count). The Morgan fingerprint density at radius 2 is 1.86 bits per heavy atom. The van der Waals surface area contributed by atoms with Crippen LogP contribution < -0.4 is 5.32 Å². The minimum atomic E-state index is -1.45. The van der Waals surface area contributed by atoms with Gasteiger partial charge in [-0.3, -0.25) is 9.00 Å². The SMILES string of the molecule is C[C@@H](NC(=O)[C@]1([S@](C)=O)[C@@H](C)C1(Cl)Cl)c1ccc(Br)cc1. The predicted molar refractivity (Wildman–Crippen MR) is 91.1 cm³/mol. The van der Waals surface area contributed by atoms with Gasteiger partial charge in [-0.15, -0.1) is 0 Å². The summed E-state index contributed by atoms with van der Waals surface area (Å²) < 4.78 is 10.5. The first-order valence-electron chi connectivity index (χ1n) is 6.43. The van der Waals surface area contributed by atoms with Gasteiger partial charge >= 0.3 is 0 Å². The number of hydrogen-bond donors (Lipinski definition) is 1. The largest absolute Gasteiger partial charge is 0.348 e. The Balaban J connectivity index is 2.18. The van der Waals surface area contributed by atoms with Crippen LogP contribution >= 0.6 is 39.1 Å². The number of alkyl halides is 2. The van der Waals surface area contributed by atoms with E-state index in [1.807, 2.05) is 31.2 Å². The first kappa shape index (κ1) is 17.3. The summed E-state index contributed by atoms with van der Waals surface area (Å²) in [5, 5.41) is 2.87. The van der Waals surface area contributed by atoms with Crippen molar-refractivity contribution in [1.29, 1.82) is 0 Å². The summed E-state index contributed by atoms with van der Waals surface area (Å²) in [7, 11) is -1.45. The molecule has 1 aliphatic carbocycles. The van der Waals surface area contributed by atoms with Crippen molar-refractivity contribution in [3.63, 3.8) is 0 Å². The van der Waals surface area contributed by atoms with Crippen LogP contribution in [0.15, 0.2) is 28.7 Å². The molecule has 1 aromatic carbocycles. The van der Waals surface area contributed by atoms with E-state index in [4.69, 9.17) is 23.2 Å². The molecule has 0 heterocycles.